The van der Waals surface area contributed by atoms with Crippen molar-refractivity contribution < 1.29 is 17.9 Å². The fourth-order valence-corrected chi connectivity index (χ4v) is 6.81. The number of thiophene rings is 1. The van der Waals surface area contributed by atoms with Gasteiger partial charge in [0, 0.05) is 44.8 Å². The van der Waals surface area contributed by atoms with E-state index in [2.05, 4.69) is 0 Å². The van der Waals surface area contributed by atoms with Gasteiger partial charge in [0.25, 0.3) is 16.1 Å². The maximum Gasteiger partial charge on any atom is 0.282 e. The summed E-state index contributed by atoms with van der Waals surface area (Å²) in [5.41, 5.74) is 3.13. The van der Waals surface area contributed by atoms with Crippen molar-refractivity contribution in [2.24, 2.45) is 0 Å². The van der Waals surface area contributed by atoms with Gasteiger partial charge in [0.05, 0.1) is 17.1 Å². The van der Waals surface area contributed by atoms with Crippen molar-refractivity contribution in [2.45, 2.75) is 33.0 Å². The molecule has 2 aliphatic rings. The van der Waals surface area contributed by atoms with Gasteiger partial charge in [-0.05, 0) is 37.8 Å². The van der Waals surface area contributed by atoms with Crippen molar-refractivity contribution in [3.8, 4) is 11.1 Å². The quantitative estimate of drug-likeness (QED) is 0.699. The molecule has 2 unspecified atom stereocenters. The SMILES string of the molecule is Cc1ccc(-c2ccsc2C(=O)N2CCN(S(=O)(=O)N3CC(C)OC(C)C3)CC2)cc1. The first kappa shape index (κ1) is 22.4. The van der Waals surface area contributed by atoms with Gasteiger partial charge >= 0.3 is 0 Å². The smallest absolute Gasteiger partial charge is 0.282 e. The zero-order chi connectivity index (χ0) is 22.2. The van der Waals surface area contributed by atoms with E-state index in [0.717, 1.165) is 11.1 Å². The third-order valence-electron chi connectivity index (χ3n) is 5.79. The van der Waals surface area contributed by atoms with Crippen molar-refractivity contribution in [2.75, 3.05) is 39.3 Å². The van der Waals surface area contributed by atoms with E-state index in [-0.39, 0.29) is 18.1 Å². The Bertz CT molecular complexity index is 1020. The summed E-state index contributed by atoms with van der Waals surface area (Å²) in [5, 5.41) is 1.93. The molecule has 0 radical (unpaired) electrons. The van der Waals surface area contributed by atoms with Crippen LogP contribution in [0.2, 0.25) is 0 Å². The molecule has 0 spiro atoms. The predicted molar refractivity (Wildman–Crippen MR) is 122 cm³/mol. The lowest BCUT2D eigenvalue weighted by atomic mass is 10.0. The van der Waals surface area contributed by atoms with E-state index in [1.807, 2.05) is 56.5 Å². The summed E-state index contributed by atoms with van der Waals surface area (Å²) in [6.45, 7) is 7.93. The fourth-order valence-electron chi connectivity index (χ4n) is 4.18. The van der Waals surface area contributed by atoms with Crippen LogP contribution in [0, 0.1) is 6.92 Å². The van der Waals surface area contributed by atoms with Crippen LogP contribution in [0.5, 0.6) is 0 Å². The number of carbonyl (C=O) groups is 1. The number of ether oxygens (including phenoxy) is 1. The summed E-state index contributed by atoms with van der Waals surface area (Å²) < 4.78 is 34.9. The number of nitrogens with zero attached hydrogens (tertiary/aromatic N) is 3. The first-order chi connectivity index (χ1) is 14.8. The molecular weight excluding hydrogens is 434 g/mol. The van der Waals surface area contributed by atoms with Crippen LogP contribution in [0.3, 0.4) is 0 Å². The van der Waals surface area contributed by atoms with E-state index in [1.165, 1.54) is 25.5 Å². The highest BCUT2D eigenvalue weighted by Crippen LogP contribution is 2.30. The zero-order valence-electron chi connectivity index (χ0n) is 18.2. The number of amides is 1. The Balaban J connectivity index is 1.43. The van der Waals surface area contributed by atoms with Gasteiger partial charge in [0.15, 0.2) is 0 Å². The molecule has 168 valence electrons. The lowest BCUT2D eigenvalue weighted by Gasteiger charge is -2.40. The number of morpholine rings is 1. The largest absolute Gasteiger partial charge is 0.373 e. The molecule has 2 atom stereocenters. The Morgan fingerprint density at radius 3 is 2.19 bits per heavy atom. The lowest BCUT2D eigenvalue weighted by molar-refractivity contribution is -0.0457. The molecule has 4 rings (SSSR count). The maximum atomic E-state index is 13.2. The van der Waals surface area contributed by atoms with Gasteiger partial charge in [-0.1, -0.05) is 29.8 Å². The fraction of sp³-hybridized carbons (Fsp3) is 0.500. The number of benzene rings is 1. The second-order valence-electron chi connectivity index (χ2n) is 8.30. The normalized spacial score (nSPS) is 23.8. The Hall–Kier alpha value is -1.78. The number of hydrogen-bond acceptors (Lipinski definition) is 5. The number of rotatable bonds is 4. The molecule has 31 heavy (non-hydrogen) atoms. The second kappa shape index (κ2) is 8.99. The number of carbonyl (C=O) groups excluding carboxylic acids is 1. The van der Waals surface area contributed by atoms with Crippen molar-refractivity contribution >= 4 is 27.5 Å². The van der Waals surface area contributed by atoms with Crippen LogP contribution in [0.4, 0.5) is 0 Å². The summed E-state index contributed by atoms with van der Waals surface area (Å²) in [7, 11) is -3.56. The summed E-state index contributed by atoms with van der Waals surface area (Å²) in [4.78, 5) is 15.7. The highest BCUT2D eigenvalue weighted by Gasteiger charge is 2.37. The average Bonchev–Trinajstić information content (AvgIpc) is 3.23. The van der Waals surface area contributed by atoms with Crippen LogP contribution in [-0.4, -0.2) is 79.3 Å². The number of aryl methyl sites for hydroxylation is 1. The van der Waals surface area contributed by atoms with Crippen LogP contribution in [0.1, 0.15) is 29.1 Å². The van der Waals surface area contributed by atoms with Gasteiger partial charge in [0.1, 0.15) is 0 Å². The lowest BCUT2D eigenvalue weighted by Crippen LogP contribution is -2.57. The van der Waals surface area contributed by atoms with E-state index in [4.69, 9.17) is 4.74 Å². The second-order valence-corrected chi connectivity index (χ2v) is 11.1. The van der Waals surface area contributed by atoms with Crippen LogP contribution in [0.15, 0.2) is 35.7 Å². The van der Waals surface area contributed by atoms with Gasteiger partial charge in [-0.3, -0.25) is 4.79 Å². The molecule has 2 aromatic rings. The first-order valence-corrected chi connectivity index (χ1v) is 12.9. The zero-order valence-corrected chi connectivity index (χ0v) is 19.8. The van der Waals surface area contributed by atoms with Crippen LogP contribution in [-0.2, 0) is 14.9 Å². The minimum absolute atomic E-state index is 0.0313. The molecule has 0 saturated carbocycles. The van der Waals surface area contributed by atoms with Crippen LogP contribution in [0.25, 0.3) is 11.1 Å². The molecule has 7 nitrogen and oxygen atoms in total. The minimum atomic E-state index is -3.56. The Kier molecular flexibility index (Phi) is 6.50. The summed E-state index contributed by atoms with van der Waals surface area (Å²) in [6.07, 6.45) is -0.249. The van der Waals surface area contributed by atoms with Crippen molar-refractivity contribution in [3.63, 3.8) is 0 Å². The van der Waals surface area contributed by atoms with Crippen LogP contribution >= 0.6 is 11.3 Å². The average molecular weight is 464 g/mol. The highest BCUT2D eigenvalue weighted by molar-refractivity contribution is 7.86. The predicted octanol–water partition coefficient (Wildman–Crippen LogP) is 2.84. The first-order valence-electron chi connectivity index (χ1n) is 10.6. The van der Waals surface area contributed by atoms with Crippen molar-refractivity contribution in [3.05, 3.63) is 46.2 Å². The summed E-state index contributed by atoms with van der Waals surface area (Å²) in [5.74, 6) is -0.0313. The van der Waals surface area contributed by atoms with Gasteiger partial charge < -0.3 is 9.64 Å². The van der Waals surface area contributed by atoms with Gasteiger partial charge in [0.2, 0.25) is 0 Å². The summed E-state index contributed by atoms with van der Waals surface area (Å²) >= 11 is 1.43. The monoisotopic (exact) mass is 463 g/mol. The van der Waals surface area contributed by atoms with E-state index < -0.39 is 10.2 Å². The number of hydrogen-bond donors (Lipinski definition) is 0. The van der Waals surface area contributed by atoms with Crippen LogP contribution < -0.4 is 0 Å². The molecular formula is C22H29N3O4S2. The minimum Gasteiger partial charge on any atom is -0.373 e. The topological polar surface area (TPSA) is 70.2 Å². The molecule has 9 heteroatoms. The number of piperazine rings is 1. The van der Waals surface area contributed by atoms with Gasteiger partial charge in [-0.15, -0.1) is 11.3 Å². The molecule has 2 aliphatic heterocycles. The summed E-state index contributed by atoms with van der Waals surface area (Å²) in [6, 6.07) is 10.1. The Labute approximate surface area is 188 Å². The third kappa shape index (κ3) is 4.70. The molecule has 1 aromatic carbocycles. The Morgan fingerprint density at radius 2 is 1.58 bits per heavy atom. The Morgan fingerprint density at radius 1 is 0.968 bits per heavy atom. The van der Waals surface area contributed by atoms with E-state index >= 15 is 0 Å². The van der Waals surface area contributed by atoms with Crippen molar-refractivity contribution in [1.82, 2.24) is 13.5 Å². The van der Waals surface area contributed by atoms with Gasteiger partial charge in [-0.25, -0.2) is 0 Å². The van der Waals surface area contributed by atoms with Gasteiger partial charge in [-0.2, -0.15) is 17.0 Å². The van der Waals surface area contributed by atoms with Crippen molar-refractivity contribution in [1.29, 1.82) is 0 Å². The standard InChI is InChI=1S/C22H29N3O4S2/c1-16-4-6-19(7-5-16)20-8-13-30-21(20)22(26)23-9-11-24(12-10-23)31(27,28)25-14-17(2)29-18(3)15-25/h4-8,13,17-18H,9-12,14-15H2,1-3H3. The molecule has 0 bridgehead atoms. The highest BCUT2D eigenvalue weighted by atomic mass is 32.2. The molecule has 2 fully saturated rings. The third-order valence-corrected chi connectivity index (χ3v) is 8.66. The molecule has 1 amide bonds. The van der Waals surface area contributed by atoms with E-state index in [0.29, 0.717) is 44.1 Å². The molecule has 1 aromatic heterocycles. The maximum absolute atomic E-state index is 13.2. The molecule has 3 heterocycles. The van der Waals surface area contributed by atoms with E-state index in [9.17, 15) is 13.2 Å². The molecule has 0 aliphatic carbocycles. The van der Waals surface area contributed by atoms with E-state index in [1.54, 1.807) is 4.90 Å². The molecule has 2 saturated heterocycles. The molecule has 0 N–H and O–H groups in total.